The molecular weight excluding hydrogens is 353 g/mol. The van der Waals surface area contributed by atoms with E-state index in [0.29, 0.717) is 25.8 Å². The molecule has 0 unspecified atom stereocenters. The van der Waals surface area contributed by atoms with Gasteiger partial charge in [0.15, 0.2) is 0 Å². The molecule has 0 heterocycles. The summed E-state index contributed by atoms with van der Waals surface area (Å²) in [5.41, 5.74) is 0. The van der Waals surface area contributed by atoms with Crippen LogP contribution in [0.25, 0.3) is 0 Å². The minimum atomic E-state index is -4.13. The van der Waals surface area contributed by atoms with Crippen molar-refractivity contribution in [2.45, 2.75) is 84.0 Å². The predicted octanol–water partition coefficient (Wildman–Crippen LogP) is 0.695. The Balaban J connectivity index is 0. The second kappa shape index (κ2) is 17.4. The summed E-state index contributed by atoms with van der Waals surface area (Å²) in [6, 6.07) is 0. The summed E-state index contributed by atoms with van der Waals surface area (Å²) >= 11 is 0. The third-order valence-electron chi connectivity index (χ3n) is 4.06. The fraction of sp³-hybridized carbons (Fsp3) is 0.941. The van der Waals surface area contributed by atoms with Crippen LogP contribution in [0.2, 0.25) is 0 Å². The summed E-state index contributed by atoms with van der Waals surface area (Å²) in [6.45, 7) is 2.74. The summed E-state index contributed by atoms with van der Waals surface area (Å²) in [5.74, 6) is -0.231. The van der Waals surface area contributed by atoms with Gasteiger partial charge in [-0.25, -0.2) is 8.42 Å². The Hall–Kier alpha value is 1.02. The van der Waals surface area contributed by atoms with Crippen LogP contribution in [0.4, 0.5) is 0 Å². The van der Waals surface area contributed by atoms with Gasteiger partial charge in [-0.05, 0) is 19.3 Å². The minimum absolute atomic E-state index is 0. The quantitative estimate of drug-likeness (QED) is 0.235. The number of amides is 1. The number of carbonyl (C=O) groups is 1. The van der Waals surface area contributed by atoms with Crippen molar-refractivity contribution in [3.05, 3.63) is 0 Å². The van der Waals surface area contributed by atoms with Crippen molar-refractivity contribution in [3.8, 4) is 0 Å². The van der Waals surface area contributed by atoms with Crippen molar-refractivity contribution in [1.82, 2.24) is 4.90 Å². The Kier molecular flexibility index (Phi) is 19.8. The van der Waals surface area contributed by atoms with Gasteiger partial charge >= 0.3 is 51.4 Å². The Morgan fingerprint density at radius 1 is 0.875 bits per heavy atom. The molecule has 138 valence electrons. The van der Waals surface area contributed by atoms with Crippen LogP contribution in [0.5, 0.6) is 0 Å². The van der Waals surface area contributed by atoms with Crippen LogP contribution < -0.4 is 51.4 Å². The molecular formula is C17H34KNO4S. The third-order valence-corrected chi connectivity index (χ3v) is 4.85. The van der Waals surface area contributed by atoms with Crippen molar-refractivity contribution >= 4 is 16.0 Å². The van der Waals surface area contributed by atoms with E-state index in [9.17, 15) is 17.8 Å². The largest absolute Gasteiger partial charge is 1.00 e. The smallest absolute Gasteiger partial charge is 0.748 e. The van der Waals surface area contributed by atoms with E-state index in [1.807, 2.05) is 0 Å². The fourth-order valence-electron chi connectivity index (χ4n) is 2.53. The van der Waals surface area contributed by atoms with Gasteiger partial charge < -0.3 is 9.45 Å². The van der Waals surface area contributed by atoms with E-state index < -0.39 is 10.1 Å². The maximum absolute atomic E-state index is 11.9. The zero-order valence-corrected chi connectivity index (χ0v) is 19.8. The first-order chi connectivity index (χ1) is 10.9. The predicted molar refractivity (Wildman–Crippen MR) is 93.3 cm³/mol. The summed E-state index contributed by atoms with van der Waals surface area (Å²) in [6.07, 6.45) is 12.5. The van der Waals surface area contributed by atoms with Gasteiger partial charge in [-0.2, -0.15) is 0 Å². The molecule has 1 amide bonds. The second-order valence-electron chi connectivity index (χ2n) is 6.36. The van der Waals surface area contributed by atoms with Gasteiger partial charge in [0.25, 0.3) is 0 Å². The fourth-order valence-corrected chi connectivity index (χ4v) is 3.09. The molecule has 0 bridgehead atoms. The Bertz CT molecular complexity index is 401. The average Bonchev–Trinajstić information content (AvgIpc) is 2.48. The molecule has 0 aromatic heterocycles. The van der Waals surface area contributed by atoms with Gasteiger partial charge in [0, 0.05) is 25.8 Å². The Labute approximate surface area is 191 Å². The summed E-state index contributed by atoms with van der Waals surface area (Å²) in [7, 11) is -2.39. The first-order valence-electron chi connectivity index (χ1n) is 9.04. The van der Waals surface area contributed by atoms with Gasteiger partial charge in [-0.15, -0.1) is 0 Å². The molecule has 0 radical (unpaired) electrons. The summed E-state index contributed by atoms with van der Waals surface area (Å²) in [5, 5.41) is 0. The number of rotatable bonds is 15. The van der Waals surface area contributed by atoms with Gasteiger partial charge in [-0.1, -0.05) is 58.3 Å². The molecule has 0 aromatic carbocycles. The van der Waals surface area contributed by atoms with Crippen LogP contribution in [0, 0.1) is 0 Å². The molecule has 0 aromatic rings. The number of hydrogen-bond acceptors (Lipinski definition) is 4. The van der Waals surface area contributed by atoms with Crippen molar-refractivity contribution in [2.24, 2.45) is 0 Å². The number of hydrogen-bond donors (Lipinski definition) is 0. The monoisotopic (exact) mass is 387 g/mol. The maximum atomic E-state index is 11.9. The van der Waals surface area contributed by atoms with E-state index in [2.05, 4.69) is 6.92 Å². The molecule has 0 saturated heterocycles. The number of nitrogens with zero attached hydrogens (tertiary/aromatic N) is 1. The molecule has 0 aliphatic carbocycles. The Morgan fingerprint density at radius 2 is 1.38 bits per heavy atom. The number of carbonyl (C=O) groups excluding carboxylic acids is 1. The van der Waals surface area contributed by atoms with Crippen molar-refractivity contribution in [3.63, 3.8) is 0 Å². The van der Waals surface area contributed by atoms with Crippen LogP contribution in [-0.2, 0) is 14.9 Å². The standard InChI is InChI=1S/C17H35NO4S.K/c1-3-4-5-6-7-8-9-10-11-14-17(19)18(2)15-12-13-16-23(20,21)22;/h3-16H2,1-2H3,(H,20,21,22);/q;+1/p-1. The number of unbranched alkanes of at least 4 members (excludes halogenated alkanes) is 9. The van der Waals surface area contributed by atoms with Crippen molar-refractivity contribution in [2.75, 3.05) is 19.3 Å². The van der Waals surface area contributed by atoms with Gasteiger partial charge in [0.2, 0.25) is 5.91 Å². The van der Waals surface area contributed by atoms with Crippen molar-refractivity contribution < 1.29 is 69.1 Å². The van der Waals surface area contributed by atoms with Crippen LogP contribution in [-0.4, -0.2) is 43.1 Å². The first kappa shape index (κ1) is 27.2. The van der Waals surface area contributed by atoms with E-state index in [0.717, 1.165) is 12.8 Å². The summed E-state index contributed by atoms with van der Waals surface area (Å²) < 4.78 is 31.4. The molecule has 0 atom stereocenters. The molecule has 0 N–H and O–H groups in total. The molecule has 24 heavy (non-hydrogen) atoms. The molecule has 0 aliphatic rings. The van der Waals surface area contributed by atoms with Crippen LogP contribution >= 0.6 is 0 Å². The third kappa shape index (κ3) is 19.3. The molecule has 0 aliphatic heterocycles. The molecule has 0 rings (SSSR count). The first-order valence-corrected chi connectivity index (χ1v) is 10.6. The van der Waals surface area contributed by atoms with Crippen molar-refractivity contribution in [1.29, 1.82) is 0 Å². The molecule has 0 saturated carbocycles. The summed E-state index contributed by atoms with van der Waals surface area (Å²) in [4.78, 5) is 13.5. The van der Waals surface area contributed by atoms with E-state index >= 15 is 0 Å². The normalized spacial score (nSPS) is 11.1. The molecule has 0 spiro atoms. The Morgan fingerprint density at radius 3 is 1.88 bits per heavy atom. The molecule has 7 heteroatoms. The van der Waals surface area contributed by atoms with Crippen LogP contribution in [0.3, 0.4) is 0 Å². The van der Waals surface area contributed by atoms with E-state index in [4.69, 9.17) is 0 Å². The second-order valence-corrected chi connectivity index (χ2v) is 7.89. The van der Waals surface area contributed by atoms with Crippen LogP contribution in [0.1, 0.15) is 84.0 Å². The van der Waals surface area contributed by atoms with Gasteiger partial charge in [0.05, 0.1) is 10.1 Å². The molecule has 5 nitrogen and oxygen atoms in total. The maximum Gasteiger partial charge on any atom is 1.00 e. The van der Waals surface area contributed by atoms with E-state index in [-0.39, 0.29) is 63.0 Å². The van der Waals surface area contributed by atoms with E-state index in [1.54, 1.807) is 11.9 Å². The van der Waals surface area contributed by atoms with Gasteiger partial charge in [-0.3, -0.25) is 4.79 Å². The topological polar surface area (TPSA) is 77.5 Å². The minimum Gasteiger partial charge on any atom is -0.748 e. The molecule has 0 fully saturated rings. The SMILES string of the molecule is CCCCCCCCCCCC(=O)N(C)CCCCS(=O)(=O)[O-].[K+]. The average molecular weight is 388 g/mol. The van der Waals surface area contributed by atoms with Gasteiger partial charge in [0.1, 0.15) is 0 Å². The van der Waals surface area contributed by atoms with E-state index in [1.165, 1.54) is 44.9 Å². The zero-order valence-electron chi connectivity index (χ0n) is 15.9. The zero-order chi connectivity index (χ0) is 17.6. The van der Waals surface area contributed by atoms with Crippen LogP contribution in [0.15, 0.2) is 0 Å².